The average molecular weight is 739 g/mol. The van der Waals surface area contributed by atoms with Gasteiger partial charge in [-0.05, 0) is 37.6 Å². The van der Waals surface area contributed by atoms with Crippen LogP contribution in [-0.2, 0) is 14.3 Å². The van der Waals surface area contributed by atoms with Gasteiger partial charge in [-0.3, -0.25) is 24.2 Å². The number of aromatic nitrogens is 1. The number of para-hydroxylation sites is 1. The van der Waals surface area contributed by atoms with Crippen molar-refractivity contribution in [2.24, 2.45) is 0 Å². The summed E-state index contributed by atoms with van der Waals surface area (Å²) in [6.07, 6.45) is 3.24. The SMILES string of the molecule is O=C(CCN1CCOCC1)N[C@@H]1CCN(c2c(F)cc3c(=O)c(C(=O)NCCCN4CCOCC4)cn4c3c2Oc2cc3c(cc2-4)oc2ccccc23)C1. The molecular formula is C40H43FN6O7. The number of nitrogens with zero attached hydrogens (tertiary/aromatic N) is 4. The molecule has 9 rings (SSSR count). The van der Waals surface area contributed by atoms with Gasteiger partial charge in [0.25, 0.3) is 5.91 Å². The second kappa shape index (κ2) is 14.7. The fraction of sp³-hybridized carbons (Fsp3) is 0.425. The second-order valence-electron chi connectivity index (χ2n) is 14.5. The number of halogens is 1. The molecule has 4 aliphatic heterocycles. The molecule has 6 heterocycles. The van der Waals surface area contributed by atoms with Gasteiger partial charge in [0.1, 0.15) is 27.9 Å². The highest BCUT2D eigenvalue weighted by Gasteiger charge is 2.34. The summed E-state index contributed by atoms with van der Waals surface area (Å²) in [5.74, 6) is -0.582. The molecule has 282 valence electrons. The van der Waals surface area contributed by atoms with E-state index in [1.807, 2.05) is 41.3 Å². The smallest absolute Gasteiger partial charge is 0.256 e. The van der Waals surface area contributed by atoms with Crippen LogP contribution in [-0.4, -0.2) is 118 Å². The summed E-state index contributed by atoms with van der Waals surface area (Å²) in [5.41, 5.74) is 1.77. The summed E-state index contributed by atoms with van der Waals surface area (Å²) < 4.78 is 41.9. The minimum atomic E-state index is -0.637. The van der Waals surface area contributed by atoms with E-state index < -0.39 is 17.2 Å². The Morgan fingerprint density at radius 3 is 2.43 bits per heavy atom. The van der Waals surface area contributed by atoms with Crippen LogP contribution in [0.3, 0.4) is 0 Å². The molecule has 14 heteroatoms. The molecule has 1 atom stereocenters. The first-order valence-electron chi connectivity index (χ1n) is 18.9. The Hall–Kier alpha value is -5.02. The summed E-state index contributed by atoms with van der Waals surface area (Å²) in [6.45, 7) is 8.74. The van der Waals surface area contributed by atoms with Gasteiger partial charge in [0.15, 0.2) is 17.3 Å². The zero-order valence-corrected chi connectivity index (χ0v) is 30.0. The van der Waals surface area contributed by atoms with E-state index in [2.05, 4.69) is 20.4 Å². The lowest BCUT2D eigenvalue weighted by Crippen LogP contribution is -2.41. The third kappa shape index (κ3) is 6.57. The molecule has 0 bridgehead atoms. The number of pyridine rings is 1. The molecule has 4 aliphatic rings. The molecule has 0 radical (unpaired) electrons. The molecule has 0 saturated carbocycles. The number of furan rings is 1. The summed E-state index contributed by atoms with van der Waals surface area (Å²) in [5, 5.41) is 7.81. The van der Waals surface area contributed by atoms with Crippen LogP contribution < -0.4 is 25.7 Å². The molecule has 54 heavy (non-hydrogen) atoms. The molecule has 0 spiro atoms. The molecule has 0 unspecified atom stereocenters. The molecule has 2 N–H and O–H groups in total. The van der Waals surface area contributed by atoms with E-state index >= 15 is 4.39 Å². The predicted octanol–water partition coefficient (Wildman–Crippen LogP) is 4.00. The second-order valence-corrected chi connectivity index (χ2v) is 14.5. The van der Waals surface area contributed by atoms with Gasteiger partial charge in [0.05, 0.1) is 37.5 Å². The van der Waals surface area contributed by atoms with Crippen LogP contribution >= 0.6 is 0 Å². The summed E-state index contributed by atoms with van der Waals surface area (Å²) in [4.78, 5) is 47.0. The molecule has 3 aromatic carbocycles. The number of benzene rings is 3. The van der Waals surface area contributed by atoms with Crippen LogP contribution in [0.15, 0.2) is 57.9 Å². The molecule has 0 aliphatic carbocycles. The molecule has 3 saturated heterocycles. The number of hydrogen-bond donors (Lipinski definition) is 2. The summed E-state index contributed by atoms with van der Waals surface area (Å²) in [6, 6.07) is 12.4. The Morgan fingerprint density at radius 2 is 1.63 bits per heavy atom. The number of ether oxygens (including phenoxy) is 3. The van der Waals surface area contributed by atoms with Gasteiger partial charge in [-0.1, -0.05) is 18.2 Å². The highest BCUT2D eigenvalue weighted by Crippen LogP contribution is 2.49. The van der Waals surface area contributed by atoms with Gasteiger partial charge in [0, 0.05) is 87.9 Å². The normalized spacial score (nSPS) is 19.0. The van der Waals surface area contributed by atoms with Crippen LogP contribution in [0.4, 0.5) is 10.1 Å². The van der Waals surface area contributed by atoms with Crippen molar-refractivity contribution >= 4 is 50.3 Å². The minimum absolute atomic E-state index is 0.0368. The summed E-state index contributed by atoms with van der Waals surface area (Å²) in [7, 11) is 0. The van der Waals surface area contributed by atoms with Crippen molar-refractivity contribution in [3.8, 4) is 17.2 Å². The van der Waals surface area contributed by atoms with Crippen LogP contribution in [0.25, 0.3) is 38.5 Å². The number of hydrogen-bond acceptors (Lipinski definition) is 10. The van der Waals surface area contributed by atoms with E-state index in [4.69, 9.17) is 18.6 Å². The van der Waals surface area contributed by atoms with Crippen LogP contribution in [0.2, 0.25) is 0 Å². The van der Waals surface area contributed by atoms with E-state index in [-0.39, 0.29) is 34.3 Å². The number of fused-ring (bicyclic) bond motifs is 5. The lowest BCUT2D eigenvalue weighted by Gasteiger charge is -2.29. The molecule has 5 aromatic rings. The Balaban J connectivity index is 1.04. The molecule has 2 amide bonds. The summed E-state index contributed by atoms with van der Waals surface area (Å²) >= 11 is 0. The van der Waals surface area contributed by atoms with Gasteiger partial charge in [-0.2, -0.15) is 0 Å². The van der Waals surface area contributed by atoms with Gasteiger partial charge in [0.2, 0.25) is 11.3 Å². The van der Waals surface area contributed by atoms with Crippen molar-refractivity contribution in [2.75, 3.05) is 90.2 Å². The van der Waals surface area contributed by atoms with Crippen molar-refractivity contribution in [2.45, 2.75) is 25.3 Å². The minimum Gasteiger partial charge on any atom is -0.456 e. The number of nitrogens with one attached hydrogen (secondary N) is 2. The third-order valence-corrected chi connectivity index (χ3v) is 11.0. The van der Waals surface area contributed by atoms with Crippen molar-refractivity contribution in [3.05, 3.63) is 70.3 Å². The third-order valence-electron chi connectivity index (χ3n) is 11.0. The fourth-order valence-electron chi connectivity index (χ4n) is 8.17. The number of anilines is 1. The number of carbonyl (C=O) groups excluding carboxylic acids is 2. The lowest BCUT2D eigenvalue weighted by atomic mass is 10.0. The van der Waals surface area contributed by atoms with Crippen LogP contribution in [0, 0.1) is 5.82 Å². The van der Waals surface area contributed by atoms with E-state index in [9.17, 15) is 14.4 Å². The fourth-order valence-corrected chi connectivity index (χ4v) is 8.17. The van der Waals surface area contributed by atoms with Gasteiger partial charge in [-0.15, -0.1) is 0 Å². The zero-order valence-electron chi connectivity index (χ0n) is 30.0. The van der Waals surface area contributed by atoms with E-state index in [0.29, 0.717) is 100.0 Å². The van der Waals surface area contributed by atoms with E-state index in [1.54, 1.807) is 4.57 Å². The number of rotatable bonds is 10. The van der Waals surface area contributed by atoms with Crippen molar-refractivity contribution in [3.63, 3.8) is 0 Å². The first-order valence-corrected chi connectivity index (χ1v) is 18.9. The average Bonchev–Trinajstić information content (AvgIpc) is 3.80. The van der Waals surface area contributed by atoms with Crippen molar-refractivity contribution < 1.29 is 32.6 Å². The highest BCUT2D eigenvalue weighted by atomic mass is 19.1. The predicted molar refractivity (Wildman–Crippen MR) is 202 cm³/mol. The highest BCUT2D eigenvalue weighted by molar-refractivity contribution is 6.07. The van der Waals surface area contributed by atoms with Crippen molar-refractivity contribution in [1.29, 1.82) is 0 Å². The monoisotopic (exact) mass is 738 g/mol. The maximum Gasteiger partial charge on any atom is 0.256 e. The topological polar surface area (TPSA) is 131 Å². The Bertz CT molecular complexity index is 2310. The van der Waals surface area contributed by atoms with Crippen LogP contribution in [0.1, 0.15) is 29.6 Å². The Kier molecular flexibility index (Phi) is 9.43. The molecule has 3 fully saturated rings. The first-order chi connectivity index (χ1) is 26.4. The number of amides is 2. The Labute approximate surface area is 310 Å². The first kappa shape index (κ1) is 34.7. The van der Waals surface area contributed by atoms with Crippen molar-refractivity contribution in [1.82, 2.24) is 25.0 Å². The maximum absolute atomic E-state index is 16.5. The standard InChI is InChI=1S/C40H43FN6O7/c41-30-20-28-36-39(37(30)46-11-6-25(23-46)43-35(48)7-10-45-14-18-52-19-15-45)54-34-21-27-26-4-1-2-5-32(26)53-33(27)22-31(34)47(36)24-29(38(28)49)40(50)42-8-3-9-44-12-16-51-17-13-44/h1-2,4-5,20-22,24-25H,3,6-19,23H2,(H,42,50)(H,43,48)/t25-/m1/s1. The number of morpholine rings is 2. The van der Waals surface area contributed by atoms with Gasteiger partial charge < -0.3 is 38.7 Å². The molecular weight excluding hydrogens is 695 g/mol. The van der Waals surface area contributed by atoms with E-state index in [0.717, 1.165) is 43.5 Å². The Morgan fingerprint density at radius 1 is 0.870 bits per heavy atom. The lowest BCUT2D eigenvalue weighted by molar-refractivity contribution is -0.122. The van der Waals surface area contributed by atoms with Crippen LogP contribution in [0.5, 0.6) is 11.5 Å². The largest absolute Gasteiger partial charge is 0.456 e. The number of carbonyl (C=O) groups is 2. The molecule has 13 nitrogen and oxygen atoms in total. The maximum atomic E-state index is 16.5. The van der Waals surface area contributed by atoms with E-state index in [1.165, 1.54) is 12.3 Å². The van der Waals surface area contributed by atoms with Gasteiger partial charge in [-0.25, -0.2) is 4.39 Å². The quantitative estimate of drug-likeness (QED) is 0.199. The molecule has 2 aromatic heterocycles. The van der Waals surface area contributed by atoms with Gasteiger partial charge >= 0.3 is 0 Å². The zero-order chi connectivity index (χ0) is 36.8.